The maximum atomic E-state index is 12.0. The molecule has 0 radical (unpaired) electrons. The number of nitrogens with zero attached hydrogens (tertiary/aromatic N) is 1. The van der Waals surface area contributed by atoms with Crippen LogP contribution in [-0.4, -0.2) is 29.8 Å². The maximum Gasteiger partial charge on any atom is 0.233 e. The van der Waals surface area contributed by atoms with Crippen LogP contribution in [0.1, 0.15) is 32.1 Å². The summed E-state index contributed by atoms with van der Waals surface area (Å²) < 4.78 is 0. The molecule has 0 saturated carbocycles. The highest BCUT2D eigenvalue weighted by Crippen LogP contribution is 2.11. The van der Waals surface area contributed by atoms with Crippen LogP contribution in [0.2, 0.25) is 0 Å². The largest absolute Gasteiger partial charge is 0.342 e. The fourth-order valence-electron chi connectivity index (χ4n) is 2.30. The highest BCUT2D eigenvalue weighted by atomic mass is 16.2. The van der Waals surface area contributed by atoms with E-state index in [-0.39, 0.29) is 18.2 Å². The molecular formula is C15H20N2O2. The van der Waals surface area contributed by atoms with Gasteiger partial charge in [-0.3, -0.25) is 9.59 Å². The van der Waals surface area contributed by atoms with Gasteiger partial charge >= 0.3 is 0 Å². The van der Waals surface area contributed by atoms with Crippen LogP contribution in [-0.2, 0) is 9.59 Å². The van der Waals surface area contributed by atoms with Crippen LogP contribution < -0.4 is 5.32 Å². The molecule has 4 heteroatoms. The number of anilines is 1. The molecule has 1 aliphatic rings. The van der Waals surface area contributed by atoms with Gasteiger partial charge in [0.2, 0.25) is 11.8 Å². The zero-order valence-electron chi connectivity index (χ0n) is 11.1. The molecule has 0 aliphatic carbocycles. The molecule has 0 aromatic heterocycles. The van der Waals surface area contributed by atoms with Crippen molar-refractivity contribution in [3.8, 4) is 0 Å². The minimum Gasteiger partial charge on any atom is -0.342 e. The Morgan fingerprint density at radius 2 is 1.63 bits per heavy atom. The molecule has 1 heterocycles. The van der Waals surface area contributed by atoms with Gasteiger partial charge < -0.3 is 10.2 Å². The van der Waals surface area contributed by atoms with Crippen LogP contribution in [0.25, 0.3) is 0 Å². The normalized spacial score (nSPS) is 15.7. The molecule has 0 bridgehead atoms. The Morgan fingerprint density at radius 1 is 1.00 bits per heavy atom. The number of carbonyl (C=O) groups excluding carboxylic acids is 2. The zero-order chi connectivity index (χ0) is 13.5. The van der Waals surface area contributed by atoms with Gasteiger partial charge in [-0.1, -0.05) is 31.0 Å². The van der Waals surface area contributed by atoms with Crippen molar-refractivity contribution in [1.82, 2.24) is 4.90 Å². The van der Waals surface area contributed by atoms with Gasteiger partial charge in [0, 0.05) is 18.8 Å². The number of para-hydroxylation sites is 1. The molecule has 0 atom stereocenters. The molecule has 2 amide bonds. The molecule has 0 spiro atoms. The van der Waals surface area contributed by atoms with E-state index in [1.807, 2.05) is 35.2 Å². The lowest BCUT2D eigenvalue weighted by molar-refractivity contribution is -0.134. The van der Waals surface area contributed by atoms with Crippen molar-refractivity contribution in [2.75, 3.05) is 18.4 Å². The van der Waals surface area contributed by atoms with Crippen LogP contribution in [0.3, 0.4) is 0 Å². The molecular weight excluding hydrogens is 240 g/mol. The third kappa shape index (κ3) is 4.39. The van der Waals surface area contributed by atoms with Gasteiger partial charge in [0.15, 0.2) is 0 Å². The number of hydrogen-bond donors (Lipinski definition) is 1. The lowest BCUT2D eigenvalue weighted by Crippen LogP contribution is -2.34. The summed E-state index contributed by atoms with van der Waals surface area (Å²) in [5.41, 5.74) is 0.733. The van der Waals surface area contributed by atoms with Gasteiger partial charge in [-0.2, -0.15) is 0 Å². The highest BCUT2D eigenvalue weighted by molar-refractivity contribution is 6.03. The maximum absolute atomic E-state index is 12.0. The molecule has 1 saturated heterocycles. The Bertz CT molecular complexity index is 423. The van der Waals surface area contributed by atoms with Crippen molar-refractivity contribution >= 4 is 17.5 Å². The zero-order valence-corrected chi connectivity index (χ0v) is 11.1. The number of likely N-dealkylation sites (tertiary alicyclic amines) is 1. The van der Waals surface area contributed by atoms with Gasteiger partial charge in [0.1, 0.15) is 6.42 Å². The number of nitrogens with one attached hydrogen (secondary N) is 1. The average molecular weight is 260 g/mol. The van der Waals surface area contributed by atoms with Crippen LogP contribution in [0, 0.1) is 0 Å². The van der Waals surface area contributed by atoms with Crippen molar-refractivity contribution in [1.29, 1.82) is 0 Å². The van der Waals surface area contributed by atoms with Crippen LogP contribution in [0.4, 0.5) is 5.69 Å². The standard InChI is InChI=1S/C15H20N2O2/c18-14(16-13-8-4-3-5-9-13)12-15(19)17-10-6-1-2-7-11-17/h3-5,8-9H,1-2,6-7,10-12H2,(H,16,18). The quantitative estimate of drug-likeness (QED) is 0.848. The topological polar surface area (TPSA) is 49.4 Å². The summed E-state index contributed by atoms with van der Waals surface area (Å²) in [4.78, 5) is 25.6. The number of benzene rings is 1. The molecule has 4 nitrogen and oxygen atoms in total. The fourth-order valence-corrected chi connectivity index (χ4v) is 2.30. The summed E-state index contributed by atoms with van der Waals surface area (Å²) in [7, 11) is 0. The minimum absolute atomic E-state index is 0.0599. The van der Waals surface area contributed by atoms with Crippen molar-refractivity contribution in [3.63, 3.8) is 0 Å². The monoisotopic (exact) mass is 260 g/mol. The van der Waals surface area contributed by atoms with Crippen molar-refractivity contribution < 1.29 is 9.59 Å². The first kappa shape index (κ1) is 13.6. The molecule has 1 fully saturated rings. The first-order valence-electron chi connectivity index (χ1n) is 6.88. The van der Waals surface area contributed by atoms with E-state index < -0.39 is 0 Å². The van der Waals surface area contributed by atoms with Crippen molar-refractivity contribution in [3.05, 3.63) is 30.3 Å². The molecule has 2 rings (SSSR count). The molecule has 1 aromatic carbocycles. The number of amides is 2. The fraction of sp³-hybridized carbons (Fsp3) is 0.467. The summed E-state index contributed by atoms with van der Waals surface area (Å²) in [6, 6.07) is 9.22. The van der Waals surface area contributed by atoms with Gasteiger partial charge in [0.25, 0.3) is 0 Å². The van der Waals surface area contributed by atoms with E-state index in [1.165, 1.54) is 12.8 Å². The van der Waals surface area contributed by atoms with Gasteiger partial charge in [-0.15, -0.1) is 0 Å². The van der Waals surface area contributed by atoms with Crippen LogP contribution in [0.15, 0.2) is 30.3 Å². The Morgan fingerprint density at radius 3 is 2.26 bits per heavy atom. The smallest absolute Gasteiger partial charge is 0.233 e. The lowest BCUT2D eigenvalue weighted by atomic mass is 10.2. The van der Waals surface area contributed by atoms with Gasteiger partial charge in [-0.25, -0.2) is 0 Å². The van der Waals surface area contributed by atoms with E-state index in [2.05, 4.69) is 5.32 Å². The van der Waals surface area contributed by atoms with E-state index in [0.29, 0.717) is 0 Å². The molecule has 0 unspecified atom stereocenters. The van der Waals surface area contributed by atoms with E-state index in [4.69, 9.17) is 0 Å². The predicted molar refractivity (Wildman–Crippen MR) is 74.7 cm³/mol. The molecule has 19 heavy (non-hydrogen) atoms. The second-order valence-corrected chi connectivity index (χ2v) is 4.89. The number of carbonyl (C=O) groups is 2. The third-order valence-corrected chi connectivity index (χ3v) is 3.33. The summed E-state index contributed by atoms with van der Waals surface area (Å²) >= 11 is 0. The Hall–Kier alpha value is -1.84. The average Bonchev–Trinajstić information content (AvgIpc) is 2.68. The molecule has 1 N–H and O–H groups in total. The molecule has 102 valence electrons. The lowest BCUT2D eigenvalue weighted by Gasteiger charge is -2.19. The van der Waals surface area contributed by atoms with Crippen molar-refractivity contribution in [2.45, 2.75) is 32.1 Å². The van der Waals surface area contributed by atoms with Crippen LogP contribution in [0.5, 0.6) is 0 Å². The Labute approximate surface area is 113 Å². The van der Waals surface area contributed by atoms with Crippen LogP contribution >= 0.6 is 0 Å². The summed E-state index contributed by atoms with van der Waals surface area (Å²) in [5.74, 6) is -0.296. The third-order valence-electron chi connectivity index (χ3n) is 3.33. The second kappa shape index (κ2) is 6.92. The first-order chi connectivity index (χ1) is 9.25. The number of hydrogen-bond acceptors (Lipinski definition) is 2. The highest BCUT2D eigenvalue weighted by Gasteiger charge is 2.18. The Kier molecular flexibility index (Phi) is 4.95. The summed E-state index contributed by atoms with van der Waals surface area (Å²) in [5, 5.41) is 2.74. The summed E-state index contributed by atoms with van der Waals surface area (Å²) in [6.45, 7) is 1.58. The van der Waals surface area contributed by atoms with Gasteiger partial charge in [0.05, 0.1) is 0 Å². The minimum atomic E-state index is -0.236. The van der Waals surface area contributed by atoms with E-state index in [9.17, 15) is 9.59 Å². The Balaban J connectivity index is 1.82. The van der Waals surface area contributed by atoms with E-state index >= 15 is 0 Å². The molecule has 1 aromatic rings. The van der Waals surface area contributed by atoms with E-state index in [0.717, 1.165) is 31.6 Å². The number of rotatable bonds is 3. The van der Waals surface area contributed by atoms with Gasteiger partial charge in [-0.05, 0) is 25.0 Å². The first-order valence-corrected chi connectivity index (χ1v) is 6.88. The molecule has 1 aliphatic heterocycles. The predicted octanol–water partition coefficient (Wildman–Crippen LogP) is 2.42. The van der Waals surface area contributed by atoms with Crippen molar-refractivity contribution in [2.24, 2.45) is 0 Å². The summed E-state index contributed by atoms with van der Waals surface area (Å²) in [6.07, 6.45) is 4.40. The second-order valence-electron chi connectivity index (χ2n) is 4.89. The van der Waals surface area contributed by atoms with E-state index in [1.54, 1.807) is 0 Å². The SMILES string of the molecule is O=C(CC(=O)N1CCCCCC1)Nc1ccccc1.